The van der Waals surface area contributed by atoms with Gasteiger partial charge in [0.1, 0.15) is 5.69 Å². The fourth-order valence-corrected chi connectivity index (χ4v) is 4.26. The summed E-state index contributed by atoms with van der Waals surface area (Å²) in [5, 5.41) is 4.52. The topological polar surface area (TPSA) is 34.0 Å². The number of halogens is 4. The molecule has 0 aliphatic heterocycles. The molecule has 0 spiro atoms. The van der Waals surface area contributed by atoms with Gasteiger partial charge in [-0.3, -0.25) is 4.79 Å². The van der Waals surface area contributed by atoms with Crippen LogP contribution in [0.3, 0.4) is 0 Å². The van der Waals surface area contributed by atoms with Crippen molar-refractivity contribution in [3.63, 3.8) is 0 Å². The Labute approximate surface area is 179 Å². The van der Waals surface area contributed by atoms with Gasteiger partial charge in [-0.25, -0.2) is 0 Å². The molecule has 4 aromatic rings. The molecule has 2 heterocycles. The van der Waals surface area contributed by atoms with Crippen LogP contribution in [0.4, 0.5) is 18.9 Å². The number of hydrogen-bond donors (Lipinski definition) is 1. The van der Waals surface area contributed by atoms with Gasteiger partial charge in [0.05, 0.1) is 26.5 Å². The molecule has 0 saturated heterocycles. The van der Waals surface area contributed by atoms with Gasteiger partial charge in [0.2, 0.25) is 0 Å². The second kappa shape index (κ2) is 8.16. The summed E-state index contributed by atoms with van der Waals surface area (Å²) in [7, 11) is 0. The van der Waals surface area contributed by atoms with Crippen molar-refractivity contribution in [3.8, 4) is 0 Å². The van der Waals surface area contributed by atoms with Crippen LogP contribution in [0, 0.1) is 0 Å². The van der Waals surface area contributed by atoms with Crippen molar-refractivity contribution in [1.29, 1.82) is 0 Å². The lowest BCUT2D eigenvalue weighted by Gasteiger charge is -2.13. The summed E-state index contributed by atoms with van der Waals surface area (Å²) < 4.78 is 41.9. The molecular formula is C22H16ClF3N2OS. The third kappa shape index (κ3) is 4.22. The van der Waals surface area contributed by atoms with Crippen LogP contribution in [0.5, 0.6) is 0 Å². The van der Waals surface area contributed by atoms with Gasteiger partial charge in [-0.1, -0.05) is 41.9 Å². The normalized spacial score (nSPS) is 11.7. The van der Waals surface area contributed by atoms with Gasteiger partial charge < -0.3 is 9.88 Å². The number of alkyl halides is 3. The number of carbonyl (C=O) groups is 1. The summed E-state index contributed by atoms with van der Waals surface area (Å²) in [6.45, 7) is 0.559. The van der Waals surface area contributed by atoms with Crippen LogP contribution < -0.4 is 5.32 Å². The number of hydrogen-bond acceptors (Lipinski definition) is 2. The number of anilines is 1. The number of benzene rings is 2. The van der Waals surface area contributed by atoms with E-state index in [1.165, 1.54) is 11.3 Å². The summed E-state index contributed by atoms with van der Waals surface area (Å²) in [5.41, 5.74) is 1.47. The minimum atomic E-state index is -4.53. The molecule has 0 saturated carbocycles. The first-order chi connectivity index (χ1) is 14.3. The average molecular weight is 449 g/mol. The van der Waals surface area contributed by atoms with Crippen LogP contribution >= 0.6 is 22.9 Å². The molecule has 0 aliphatic rings. The summed E-state index contributed by atoms with van der Waals surface area (Å²) in [4.78, 5) is 13.0. The van der Waals surface area contributed by atoms with Crippen LogP contribution in [0.2, 0.25) is 5.02 Å². The molecule has 0 unspecified atom stereocenters. The van der Waals surface area contributed by atoms with Crippen LogP contribution in [0.1, 0.15) is 21.6 Å². The number of amides is 1. The molecule has 8 heteroatoms. The molecule has 0 atom stereocenters. The van der Waals surface area contributed by atoms with Gasteiger partial charge in [-0.05, 0) is 47.7 Å². The number of aromatic nitrogens is 1. The standard InChI is InChI=1S/C22H16ClF3N2OS/c23-16-7-6-15(22(24,25)26)12-17(16)27-21(29)19-13-20-18(9-11-30-20)28(19)10-8-14-4-2-1-3-5-14/h1-7,9,11-13H,8,10H2,(H,27,29). The van der Waals surface area contributed by atoms with Crippen LogP contribution in [-0.2, 0) is 19.1 Å². The number of nitrogens with one attached hydrogen (secondary N) is 1. The first-order valence-electron chi connectivity index (χ1n) is 9.11. The van der Waals surface area contributed by atoms with Crippen LogP contribution in [0.25, 0.3) is 10.2 Å². The highest BCUT2D eigenvalue weighted by Crippen LogP contribution is 2.34. The van der Waals surface area contributed by atoms with E-state index in [4.69, 9.17) is 11.6 Å². The Balaban J connectivity index is 1.63. The maximum Gasteiger partial charge on any atom is 0.416 e. The summed E-state index contributed by atoms with van der Waals surface area (Å²) in [5.74, 6) is -0.507. The minimum absolute atomic E-state index is 0.0422. The molecule has 4 rings (SSSR count). The van der Waals surface area contributed by atoms with E-state index in [1.54, 1.807) is 6.07 Å². The number of rotatable bonds is 5. The first kappa shape index (κ1) is 20.5. The van der Waals surface area contributed by atoms with E-state index in [1.807, 2.05) is 46.3 Å². The Morgan fingerprint density at radius 2 is 1.83 bits per heavy atom. The van der Waals surface area contributed by atoms with Gasteiger partial charge in [-0.15, -0.1) is 11.3 Å². The molecule has 154 valence electrons. The molecule has 1 amide bonds. The average Bonchev–Trinajstić information content (AvgIpc) is 3.29. The van der Waals surface area contributed by atoms with Crippen LogP contribution in [-0.4, -0.2) is 10.5 Å². The van der Waals surface area contributed by atoms with Gasteiger partial charge in [0.25, 0.3) is 5.91 Å². The fourth-order valence-electron chi connectivity index (χ4n) is 3.28. The second-order valence-electron chi connectivity index (χ2n) is 6.73. The van der Waals surface area contributed by atoms with Crippen LogP contribution in [0.15, 0.2) is 66.0 Å². The number of carbonyl (C=O) groups excluding carboxylic acids is 1. The highest BCUT2D eigenvalue weighted by molar-refractivity contribution is 7.17. The van der Waals surface area contributed by atoms with E-state index in [2.05, 4.69) is 5.32 Å². The third-order valence-electron chi connectivity index (χ3n) is 4.76. The monoisotopic (exact) mass is 448 g/mol. The van der Waals surface area contributed by atoms with E-state index in [9.17, 15) is 18.0 Å². The van der Waals surface area contributed by atoms with E-state index in [0.29, 0.717) is 18.7 Å². The van der Waals surface area contributed by atoms with Crippen molar-refractivity contribution in [2.45, 2.75) is 19.1 Å². The smallest absolute Gasteiger partial charge is 0.335 e. The SMILES string of the molecule is O=C(Nc1cc(C(F)(F)F)ccc1Cl)c1cc2sccc2n1CCc1ccccc1. The van der Waals surface area contributed by atoms with Crippen molar-refractivity contribution in [3.05, 3.63) is 87.9 Å². The largest absolute Gasteiger partial charge is 0.416 e. The van der Waals surface area contributed by atoms with E-state index >= 15 is 0 Å². The second-order valence-corrected chi connectivity index (χ2v) is 8.09. The van der Waals surface area contributed by atoms with E-state index in [0.717, 1.165) is 34.0 Å². The summed E-state index contributed by atoms with van der Waals surface area (Å²) in [6, 6.07) is 16.4. The van der Waals surface area contributed by atoms with Crippen molar-refractivity contribution in [2.75, 3.05) is 5.32 Å². The Morgan fingerprint density at radius 3 is 2.57 bits per heavy atom. The highest BCUT2D eigenvalue weighted by atomic mass is 35.5. The predicted octanol–water partition coefficient (Wildman–Crippen LogP) is 6.87. The molecule has 30 heavy (non-hydrogen) atoms. The number of nitrogens with zero attached hydrogens (tertiary/aromatic N) is 1. The molecule has 3 nitrogen and oxygen atoms in total. The first-order valence-corrected chi connectivity index (χ1v) is 10.4. The zero-order valence-corrected chi connectivity index (χ0v) is 17.1. The van der Waals surface area contributed by atoms with Crippen molar-refractivity contribution in [2.24, 2.45) is 0 Å². The number of thiophene rings is 1. The molecule has 0 bridgehead atoms. The van der Waals surface area contributed by atoms with E-state index < -0.39 is 17.6 Å². The van der Waals surface area contributed by atoms with Gasteiger partial charge in [0, 0.05) is 6.54 Å². The third-order valence-corrected chi connectivity index (χ3v) is 5.95. The maximum atomic E-state index is 13.0. The zero-order chi connectivity index (χ0) is 21.3. The Hall–Kier alpha value is -2.77. The highest BCUT2D eigenvalue weighted by Gasteiger charge is 2.31. The molecular weight excluding hydrogens is 433 g/mol. The number of fused-ring (bicyclic) bond motifs is 1. The zero-order valence-electron chi connectivity index (χ0n) is 15.5. The molecule has 0 aliphatic carbocycles. The van der Waals surface area contributed by atoms with Gasteiger partial charge in [0.15, 0.2) is 0 Å². The molecule has 2 aromatic carbocycles. The van der Waals surface area contributed by atoms with Gasteiger partial charge >= 0.3 is 6.18 Å². The lowest BCUT2D eigenvalue weighted by Crippen LogP contribution is -2.18. The quantitative estimate of drug-likeness (QED) is 0.355. The van der Waals surface area contributed by atoms with Crippen molar-refractivity contribution >= 4 is 44.7 Å². The lowest BCUT2D eigenvalue weighted by atomic mass is 10.1. The molecule has 1 N–H and O–H groups in total. The summed E-state index contributed by atoms with van der Waals surface area (Å²) in [6.07, 6.45) is -3.81. The Kier molecular flexibility index (Phi) is 5.58. The summed E-state index contributed by atoms with van der Waals surface area (Å²) >= 11 is 7.53. The van der Waals surface area contributed by atoms with Crippen molar-refractivity contribution < 1.29 is 18.0 Å². The molecule has 0 fully saturated rings. The maximum absolute atomic E-state index is 13.0. The Bertz CT molecular complexity index is 1200. The predicted molar refractivity (Wildman–Crippen MR) is 114 cm³/mol. The molecule has 0 radical (unpaired) electrons. The van der Waals surface area contributed by atoms with E-state index in [-0.39, 0.29) is 10.7 Å². The van der Waals surface area contributed by atoms with Crippen molar-refractivity contribution in [1.82, 2.24) is 4.57 Å². The van der Waals surface area contributed by atoms with Gasteiger partial charge in [-0.2, -0.15) is 13.2 Å². The molecule has 2 aromatic heterocycles. The minimum Gasteiger partial charge on any atom is -0.335 e. The Morgan fingerprint density at radius 1 is 1.07 bits per heavy atom. The fraction of sp³-hybridized carbons (Fsp3) is 0.136. The lowest BCUT2D eigenvalue weighted by molar-refractivity contribution is -0.137. The number of aryl methyl sites for hydroxylation is 2.